The minimum atomic E-state index is -1.72. The summed E-state index contributed by atoms with van der Waals surface area (Å²) in [5, 5.41) is 3.11. The summed E-state index contributed by atoms with van der Waals surface area (Å²) in [5.74, 6) is 0. The molecule has 2 aromatic rings. The minimum Gasteiger partial charge on any atom is -0.103 e. The van der Waals surface area contributed by atoms with Crippen molar-refractivity contribution in [2.24, 2.45) is 0 Å². The maximum atomic E-state index is 4.08. The molecule has 0 aromatic heterocycles. The molecule has 22 heavy (non-hydrogen) atoms. The zero-order chi connectivity index (χ0) is 15.7. The predicted octanol–water partition coefficient (Wildman–Crippen LogP) is 5.02. The van der Waals surface area contributed by atoms with Gasteiger partial charge < -0.3 is 0 Å². The Balaban J connectivity index is 2.38. The van der Waals surface area contributed by atoms with Crippen molar-refractivity contribution in [3.05, 3.63) is 73.3 Å². The fourth-order valence-electron chi connectivity index (χ4n) is 3.41. The van der Waals surface area contributed by atoms with Crippen LogP contribution in [0.4, 0.5) is 0 Å². The van der Waals surface area contributed by atoms with E-state index in [1.165, 1.54) is 31.7 Å². The second-order valence-electron chi connectivity index (χ2n) is 6.12. The SMILES string of the molecule is C=CC[Si](CCCCCC)(c1ccccc1)c1ccccc1. The molecule has 0 radical (unpaired) electrons. The lowest BCUT2D eigenvalue weighted by Crippen LogP contribution is -2.57. The molecule has 0 nitrogen and oxygen atoms in total. The minimum absolute atomic E-state index is 1.13. The van der Waals surface area contributed by atoms with Crippen molar-refractivity contribution in [3.8, 4) is 0 Å². The third-order valence-corrected chi connectivity index (χ3v) is 9.67. The van der Waals surface area contributed by atoms with Gasteiger partial charge in [-0.15, -0.1) is 6.58 Å². The lowest BCUT2D eigenvalue weighted by molar-refractivity contribution is 0.697. The second kappa shape index (κ2) is 8.75. The summed E-state index contributed by atoms with van der Waals surface area (Å²) in [6.45, 7) is 6.36. The van der Waals surface area contributed by atoms with Crippen molar-refractivity contribution in [3.63, 3.8) is 0 Å². The van der Waals surface area contributed by atoms with Gasteiger partial charge in [0.25, 0.3) is 0 Å². The Kier molecular flexibility index (Phi) is 6.66. The van der Waals surface area contributed by atoms with E-state index in [1.807, 2.05) is 0 Å². The molecular formula is C21H28Si. The molecule has 0 aliphatic heterocycles. The van der Waals surface area contributed by atoms with Gasteiger partial charge in [0, 0.05) is 0 Å². The van der Waals surface area contributed by atoms with Gasteiger partial charge in [-0.25, -0.2) is 0 Å². The highest BCUT2D eigenvalue weighted by Gasteiger charge is 2.34. The summed E-state index contributed by atoms with van der Waals surface area (Å²) in [6.07, 6.45) is 7.47. The normalized spacial score (nSPS) is 11.3. The van der Waals surface area contributed by atoms with Gasteiger partial charge in [-0.1, -0.05) is 110 Å². The van der Waals surface area contributed by atoms with Crippen LogP contribution in [0, 0.1) is 0 Å². The molecule has 0 N–H and O–H groups in total. The van der Waals surface area contributed by atoms with Crippen LogP contribution >= 0.6 is 0 Å². The Morgan fingerprint density at radius 3 is 1.82 bits per heavy atom. The number of hydrogen-bond acceptors (Lipinski definition) is 0. The first kappa shape index (κ1) is 16.8. The van der Waals surface area contributed by atoms with E-state index in [9.17, 15) is 0 Å². The third-order valence-electron chi connectivity index (χ3n) is 4.60. The fourth-order valence-corrected chi connectivity index (χ4v) is 8.00. The summed E-state index contributed by atoms with van der Waals surface area (Å²) in [5.41, 5.74) is 0. The molecule has 0 fully saturated rings. The summed E-state index contributed by atoms with van der Waals surface area (Å²) in [7, 11) is -1.72. The van der Waals surface area contributed by atoms with Crippen LogP contribution in [0.1, 0.15) is 32.6 Å². The Morgan fingerprint density at radius 2 is 1.36 bits per heavy atom. The summed E-state index contributed by atoms with van der Waals surface area (Å²) < 4.78 is 0. The Morgan fingerprint density at radius 1 is 0.818 bits per heavy atom. The largest absolute Gasteiger partial charge is 0.121 e. The number of hydrogen-bond donors (Lipinski definition) is 0. The van der Waals surface area contributed by atoms with E-state index in [2.05, 4.69) is 80.2 Å². The molecule has 116 valence electrons. The molecule has 0 atom stereocenters. The first-order valence-electron chi connectivity index (χ1n) is 8.55. The Bertz CT molecular complexity index is 505. The van der Waals surface area contributed by atoms with Crippen molar-refractivity contribution in [1.82, 2.24) is 0 Å². The fraction of sp³-hybridized carbons (Fsp3) is 0.333. The molecular weight excluding hydrogens is 280 g/mol. The van der Waals surface area contributed by atoms with Crippen molar-refractivity contribution < 1.29 is 0 Å². The standard InChI is InChI=1S/C21H28Si/c1-3-5-6-13-19-22(18-4-2,20-14-9-7-10-15-20)21-16-11-8-12-17-21/h4,7-12,14-17H,2-3,5-6,13,18-19H2,1H3. The monoisotopic (exact) mass is 308 g/mol. The number of benzene rings is 2. The van der Waals surface area contributed by atoms with Gasteiger partial charge in [0.1, 0.15) is 8.07 Å². The Hall–Kier alpha value is -1.60. The van der Waals surface area contributed by atoms with Gasteiger partial charge in [0.2, 0.25) is 0 Å². The van der Waals surface area contributed by atoms with Gasteiger partial charge in [-0.3, -0.25) is 0 Å². The lowest BCUT2D eigenvalue weighted by Gasteiger charge is -2.32. The van der Waals surface area contributed by atoms with Gasteiger partial charge in [-0.2, -0.15) is 0 Å². The zero-order valence-corrected chi connectivity index (χ0v) is 14.8. The molecule has 1 heteroatoms. The van der Waals surface area contributed by atoms with Crippen LogP contribution in [0.3, 0.4) is 0 Å². The average molecular weight is 309 g/mol. The van der Waals surface area contributed by atoms with Crippen LogP contribution in [-0.4, -0.2) is 8.07 Å². The quantitative estimate of drug-likeness (QED) is 0.347. The smallest absolute Gasteiger partial charge is 0.103 e. The zero-order valence-electron chi connectivity index (χ0n) is 13.8. The number of unbranched alkanes of at least 4 members (excludes halogenated alkanes) is 3. The Labute approximate surface area is 136 Å². The maximum absolute atomic E-state index is 4.08. The predicted molar refractivity (Wildman–Crippen MR) is 102 cm³/mol. The maximum Gasteiger partial charge on any atom is 0.121 e. The molecule has 0 aliphatic rings. The highest BCUT2D eigenvalue weighted by atomic mass is 28.3. The molecule has 2 rings (SSSR count). The average Bonchev–Trinajstić information content (AvgIpc) is 2.59. The van der Waals surface area contributed by atoms with E-state index in [1.54, 1.807) is 10.4 Å². The highest BCUT2D eigenvalue weighted by Crippen LogP contribution is 2.21. The molecule has 2 aromatic carbocycles. The second-order valence-corrected chi connectivity index (χ2v) is 10.3. The van der Waals surface area contributed by atoms with Crippen LogP contribution in [0.25, 0.3) is 0 Å². The van der Waals surface area contributed by atoms with E-state index in [4.69, 9.17) is 0 Å². The van der Waals surface area contributed by atoms with Crippen LogP contribution in [-0.2, 0) is 0 Å². The van der Waals surface area contributed by atoms with Crippen molar-refractivity contribution >= 4 is 18.4 Å². The summed E-state index contributed by atoms with van der Waals surface area (Å²) in [4.78, 5) is 0. The van der Waals surface area contributed by atoms with Gasteiger partial charge >= 0.3 is 0 Å². The first-order valence-corrected chi connectivity index (χ1v) is 11.0. The summed E-state index contributed by atoms with van der Waals surface area (Å²) >= 11 is 0. The topological polar surface area (TPSA) is 0 Å². The molecule has 0 spiro atoms. The molecule has 0 saturated heterocycles. The third kappa shape index (κ3) is 3.98. The molecule has 0 unspecified atom stereocenters. The number of allylic oxidation sites excluding steroid dienone is 1. The van der Waals surface area contributed by atoms with Crippen molar-refractivity contribution in [2.45, 2.75) is 44.7 Å². The van der Waals surface area contributed by atoms with E-state index in [0.29, 0.717) is 0 Å². The number of rotatable bonds is 9. The van der Waals surface area contributed by atoms with Gasteiger partial charge in [0.15, 0.2) is 0 Å². The van der Waals surface area contributed by atoms with E-state index >= 15 is 0 Å². The lowest BCUT2D eigenvalue weighted by atomic mass is 10.2. The van der Waals surface area contributed by atoms with E-state index < -0.39 is 8.07 Å². The molecule has 0 heterocycles. The van der Waals surface area contributed by atoms with E-state index in [0.717, 1.165) is 6.04 Å². The first-order chi connectivity index (χ1) is 10.8. The molecule has 0 aliphatic carbocycles. The van der Waals surface area contributed by atoms with Crippen LogP contribution < -0.4 is 10.4 Å². The van der Waals surface area contributed by atoms with E-state index in [-0.39, 0.29) is 0 Å². The molecule has 0 bridgehead atoms. The van der Waals surface area contributed by atoms with Crippen LogP contribution in [0.15, 0.2) is 73.3 Å². The van der Waals surface area contributed by atoms with Crippen molar-refractivity contribution in [1.29, 1.82) is 0 Å². The van der Waals surface area contributed by atoms with Crippen molar-refractivity contribution in [2.75, 3.05) is 0 Å². The summed E-state index contributed by atoms with van der Waals surface area (Å²) in [6, 6.07) is 24.8. The highest BCUT2D eigenvalue weighted by molar-refractivity contribution is 7.02. The van der Waals surface area contributed by atoms with Gasteiger partial charge in [-0.05, 0) is 12.1 Å². The molecule has 0 amide bonds. The van der Waals surface area contributed by atoms with Crippen LogP contribution in [0.2, 0.25) is 12.1 Å². The molecule has 0 saturated carbocycles. The van der Waals surface area contributed by atoms with Crippen LogP contribution in [0.5, 0.6) is 0 Å². The van der Waals surface area contributed by atoms with Gasteiger partial charge in [0.05, 0.1) is 0 Å².